The summed E-state index contributed by atoms with van der Waals surface area (Å²) in [5.74, 6) is 0. The van der Waals surface area contributed by atoms with Crippen LogP contribution in [0.3, 0.4) is 0 Å². The summed E-state index contributed by atoms with van der Waals surface area (Å²) in [6.07, 6.45) is 0. The Morgan fingerprint density at radius 1 is 0.409 bits per heavy atom. The van der Waals surface area contributed by atoms with Crippen LogP contribution in [0.4, 0.5) is 0 Å². The van der Waals surface area contributed by atoms with Gasteiger partial charge in [-0.2, -0.15) is 0 Å². The van der Waals surface area contributed by atoms with Gasteiger partial charge in [-0.25, -0.2) is 9.97 Å². The second-order valence-corrected chi connectivity index (χ2v) is 11.5. The maximum Gasteiger partial charge on any atom is 0.223 e. The van der Waals surface area contributed by atoms with Crippen LogP contribution in [0.25, 0.3) is 87.9 Å². The molecule has 0 saturated heterocycles. The minimum absolute atomic E-state index is 0.197. The third-order valence-corrected chi connectivity index (χ3v) is 8.77. The molecule has 0 bridgehead atoms. The van der Waals surface area contributed by atoms with Gasteiger partial charge in [0.05, 0.1) is 0 Å². The van der Waals surface area contributed by atoms with Gasteiger partial charge in [0.1, 0.15) is 16.8 Å². The second-order valence-electron chi connectivity index (χ2n) is 11.1. The Morgan fingerprint density at radius 3 is 1.61 bits per heavy atom. The van der Waals surface area contributed by atoms with Crippen LogP contribution in [0.1, 0.15) is 0 Å². The molecule has 3 nitrogen and oxygen atoms in total. The molecule has 0 fully saturated rings. The minimum Gasteiger partial charge on any atom is -0.452 e. The molecule has 0 aliphatic carbocycles. The standard InChI is InChI=1S/C40H23ClN2O/c41-40-42-37(24-9-2-1-3-10-24)39-38(43-40)35-23-28(18-20-36(35)44-39)26-12-8-11-25(21-26)27-17-19-33-31-15-5-4-13-29(31)30-14-6-7-16-32(30)34(33)22-27/h1-23H. The van der Waals surface area contributed by atoms with E-state index in [-0.39, 0.29) is 5.28 Å². The van der Waals surface area contributed by atoms with E-state index in [1.165, 1.54) is 37.9 Å². The van der Waals surface area contributed by atoms with Gasteiger partial charge < -0.3 is 4.42 Å². The molecule has 44 heavy (non-hydrogen) atoms. The van der Waals surface area contributed by atoms with Crippen molar-refractivity contribution in [3.63, 3.8) is 0 Å². The van der Waals surface area contributed by atoms with Gasteiger partial charge in [-0.3, -0.25) is 0 Å². The molecule has 0 unspecified atom stereocenters. The van der Waals surface area contributed by atoms with E-state index in [9.17, 15) is 0 Å². The predicted molar refractivity (Wildman–Crippen MR) is 183 cm³/mol. The Labute approximate surface area is 258 Å². The predicted octanol–water partition coefficient (Wildman–Crippen LogP) is 11.5. The highest BCUT2D eigenvalue weighted by Gasteiger charge is 2.17. The van der Waals surface area contributed by atoms with E-state index < -0.39 is 0 Å². The average Bonchev–Trinajstić information content (AvgIpc) is 3.46. The zero-order valence-electron chi connectivity index (χ0n) is 23.5. The van der Waals surface area contributed by atoms with E-state index in [1.54, 1.807) is 0 Å². The Kier molecular flexibility index (Phi) is 5.56. The Balaban J connectivity index is 1.19. The first-order chi connectivity index (χ1) is 21.7. The number of furan rings is 1. The van der Waals surface area contributed by atoms with Gasteiger partial charge in [0.2, 0.25) is 5.28 Å². The number of nitrogens with zero attached hydrogens (tertiary/aromatic N) is 2. The number of hydrogen-bond acceptors (Lipinski definition) is 3. The van der Waals surface area contributed by atoms with Crippen LogP contribution >= 0.6 is 11.6 Å². The number of halogens is 1. The summed E-state index contributed by atoms with van der Waals surface area (Å²) >= 11 is 6.42. The molecule has 9 rings (SSSR count). The van der Waals surface area contributed by atoms with Crippen LogP contribution < -0.4 is 0 Å². The molecule has 4 heteroatoms. The highest BCUT2D eigenvalue weighted by Crippen LogP contribution is 2.39. The molecule has 206 valence electrons. The smallest absolute Gasteiger partial charge is 0.223 e. The maximum atomic E-state index is 6.42. The molecule has 9 aromatic rings. The largest absolute Gasteiger partial charge is 0.452 e. The summed E-state index contributed by atoms with van der Waals surface area (Å²) in [6, 6.07) is 49.1. The average molecular weight is 583 g/mol. The summed E-state index contributed by atoms with van der Waals surface area (Å²) in [5.41, 5.74) is 8.27. The van der Waals surface area contributed by atoms with E-state index in [2.05, 4.69) is 113 Å². The number of hydrogen-bond donors (Lipinski definition) is 0. The van der Waals surface area contributed by atoms with Crippen molar-refractivity contribution in [3.05, 3.63) is 145 Å². The molecule has 0 spiro atoms. The van der Waals surface area contributed by atoms with Gasteiger partial charge >= 0.3 is 0 Å². The fourth-order valence-electron chi connectivity index (χ4n) is 6.55. The summed E-state index contributed by atoms with van der Waals surface area (Å²) in [4.78, 5) is 9.10. The van der Waals surface area contributed by atoms with E-state index in [0.29, 0.717) is 16.8 Å². The first-order valence-corrected chi connectivity index (χ1v) is 15.0. The number of aromatic nitrogens is 2. The lowest BCUT2D eigenvalue weighted by atomic mass is 9.91. The molecule has 0 aliphatic heterocycles. The molecule has 0 aliphatic rings. The summed E-state index contributed by atoms with van der Waals surface area (Å²) < 4.78 is 6.30. The van der Waals surface area contributed by atoms with Crippen molar-refractivity contribution in [1.82, 2.24) is 9.97 Å². The van der Waals surface area contributed by atoms with Gasteiger partial charge in [-0.05, 0) is 90.4 Å². The molecule has 2 aromatic heterocycles. The first-order valence-electron chi connectivity index (χ1n) is 14.6. The molecule has 0 radical (unpaired) electrons. The highest BCUT2D eigenvalue weighted by molar-refractivity contribution is 6.29. The summed E-state index contributed by atoms with van der Waals surface area (Å²) in [7, 11) is 0. The maximum absolute atomic E-state index is 6.42. The van der Waals surface area contributed by atoms with Crippen molar-refractivity contribution in [3.8, 4) is 33.5 Å². The van der Waals surface area contributed by atoms with Gasteiger partial charge in [-0.15, -0.1) is 0 Å². The molecule has 0 N–H and O–H groups in total. The van der Waals surface area contributed by atoms with Crippen LogP contribution in [0.15, 0.2) is 144 Å². The van der Waals surface area contributed by atoms with Crippen molar-refractivity contribution in [2.45, 2.75) is 0 Å². The van der Waals surface area contributed by atoms with Crippen LogP contribution in [0.2, 0.25) is 5.28 Å². The number of rotatable bonds is 3. The van der Waals surface area contributed by atoms with Crippen molar-refractivity contribution in [2.75, 3.05) is 0 Å². The van der Waals surface area contributed by atoms with Gasteiger partial charge in [-0.1, -0.05) is 115 Å². The van der Waals surface area contributed by atoms with Crippen LogP contribution in [0.5, 0.6) is 0 Å². The molecule has 2 heterocycles. The van der Waals surface area contributed by atoms with Crippen LogP contribution in [0, 0.1) is 0 Å². The van der Waals surface area contributed by atoms with E-state index >= 15 is 0 Å². The SMILES string of the molecule is Clc1nc(-c2ccccc2)c2oc3ccc(-c4cccc(-c5ccc6c7ccccc7c7ccccc7c6c5)c4)cc3c2n1. The Bertz CT molecular complexity index is 2530. The van der Waals surface area contributed by atoms with Crippen LogP contribution in [-0.4, -0.2) is 9.97 Å². The van der Waals surface area contributed by atoms with E-state index in [1.807, 2.05) is 36.4 Å². The van der Waals surface area contributed by atoms with Crippen LogP contribution in [-0.2, 0) is 0 Å². The monoisotopic (exact) mass is 582 g/mol. The number of benzene rings is 7. The fraction of sp³-hybridized carbons (Fsp3) is 0. The second kappa shape index (κ2) is 9.77. The van der Waals surface area contributed by atoms with Gasteiger partial charge in [0.25, 0.3) is 0 Å². The quantitative estimate of drug-likeness (QED) is 0.154. The van der Waals surface area contributed by atoms with E-state index in [0.717, 1.165) is 33.2 Å². The fourth-order valence-corrected chi connectivity index (χ4v) is 6.72. The number of fused-ring (bicyclic) bond motifs is 9. The summed E-state index contributed by atoms with van der Waals surface area (Å²) in [6.45, 7) is 0. The van der Waals surface area contributed by atoms with Crippen molar-refractivity contribution < 1.29 is 4.42 Å². The lowest BCUT2D eigenvalue weighted by Gasteiger charge is -2.12. The normalized spacial score (nSPS) is 11.8. The van der Waals surface area contributed by atoms with Gasteiger partial charge in [0.15, 0.2) is 5.58 Å². The molecular weight excluding hydrogens is 560 g/mol. The minimum atomic E-state index is 0.197. The Morgan fingerprint density at radius 2 is 0.932 bits per heavy atom. The van der Waals surface area contributed by atoms with Crippen molar-refractivity contribution in [1.29, 1.82) is 0 Å². The molecule has 0 saturated carbocycles. The Hall–Kier alpha value is -5.51. The first kappa shape index (κ1) is 25.0. The zero-order chi connectivity index (χ0) is 29.2. The van der Waals surface area contributed by atoms with Gasteiger partial charge in [0, 0.05) is 10.9 Å². The molecule has 7 aromatic carbocycles. The third kappa shape index (κ3) is 3.90. The molecular formula is C40H23ClN2O. The highest BCUT2D eigenvalue weighted by atomic mass is 35.5. The summed E-state index contributed by atoms with van der Waals surface area (Å²) in [5, 5.41) is 8.76. The lowest BCUT2D eigenvalue weighted by molar-refractivity contribution is 0.667. The lowest BCUT2D eigenvalue weighted by Crippen LogP contribution is -1.89. The third-order valence-electron chi connectivity index (χ3n) is 8.61. The molecule has 0 atom stereocenters. The van der Waals surface area contributed by atoms with E-state index in [4.69, 9.17) is 16.0 Å². The van der Waals surface area contributed by atoms with Crippen molar-refractivity contribution >= 4 is 66.0 Å². The zero-order valence-corrected chi connectivity index (χ0v) is 24.2. The van der Waals surface area contributed by atoms with Crippen molar-refractivity contribution in [2.24, 2.45) is 0 Å². The molecule has 0 amide bonds. The topological polar surface area (TPSA) is 38.9 Å².